The van der Waals surface area contributed by atoms with Gasteiger partial charge in [-0.15, -0.1) is 11.3 Å². The molecule has 1 aromatic heterocycles. The largest absolute Gasteiger partial charge is 0.497 e. The number of anilines is 1. The van der Waals surface area contributed by atoms with Gasteiger partial charge in [0.25, 0.3) is 5.91 Å². The van der Waals surface area contributed by atoms with Crippen LogP contribution in [0.5, 0.6) is 5.75 Å². The van der Waals surface area contributed by atoms with E-state index in [1.165, 1.54) is 23.3 Å². The van der Waals surface area contributed by atoms with Gasteiger partial charge in [0.2, 0.25) is 11.8 Å². The van der Waals surface area contributed by atoms with Crippen LogP contribution in [-0.2, 0) is 9.59 Å². The molecule has 3 aromatic rings. The summed E-state index contributed by atoms with van der Waals surface area (Å²) in [6.07, 6.45) is 0.686. The van der Waals surface area contributed by atoms with Crippen LogP contribution in [0.25, 0.3) is 0 Å². The minimum absolute atomic E-state index is 0.311. The fourth-order valence-electron chi connectivity index (χ4n) is 3.52. The van der Waals surface area contributed by atoms with Crippen LogP contribution >= 0.6 is 22.9 Å². The Kier molecular flexibility index (Phi) is 9.12. The summed E-state index contributed by atoms with van der Waals surface area (Å²) in [6.45, 7) is 5.50. The van der Waals surface area contributed by atoms with Crippen LogP contribution in [0.3, 0.4) is 0 Å². The predicted octanol–water partition coefficient (Wildman–Crippen LogP) is 5.22. The molecule has 1 atom stereocenters. The van der Waals surface area contributed by atoms with Crippen LogP contribution in [-0.4, -0.2) is 36.9 Å². The first-order valence-electron chi connectivity index (χ1n) is 11.5. The Labute approximate surface area is 220 Å². The Morgan fingerprint density at radius 3 is 2.47 bits per heavy atom. The quantitative estimate of drug-likeness (QED) is 0.378. The van der Waals surface area contributed by atoms with E-state index in [-0.39, 0.29) is 18.4 Å². The van der Waals surface area contributed by atoms with Gasteiger partial charge in [0.15, 0.2) is 0 Å². The summed E-state index contributed by atoms with van der Waals surface area (Å²) in [5.41, 5.74) is 0.469. The molecule has 0 saturated carbocycles. The summed E-state index contributed by atoms with van der Waals surface area (Å²) in [6, 6.07) is 16.1. The zero-order valence-corrected chi connectivity index (χ0v) is 22.3. The summed E-state index contributed by atoms with van der Waals surface area (Å²) >= 11 is 7.55. The van der Waals surface area contributed by atoms with Crippen LogP contribution in [0.1, 0.15) is 48.5 Å². The topological polar surface area (TPSA) is 87.7 Å². The van der Waals surface area contributed by atoms with Gasteiger partial charge in [0.1, 0.15) is 11.8 Å². The monoisotopic (exact) mass is 527 g/mol. The number of nitrogens with zero attached hydrogens (tertiary/aromatic N) is 1. The molecule has 0 aliphatic heterocycles. The molecule has 36 heavy (non-hydrogen) atoms. The lowest BCUT2D eigenvalue weighted by Gasteiger charge is -2.35. The molecule has 2 N–H and O–H groups in total. The van der Waals surface area contributed by atoms with Crippen molar-refractivity contribution >= 4 is 46.3 Å². The third-order valence-corrected chi connectivity index (χ3v) is 6.87. The van der Waals surface area contributed by atoms with Crippen molar-refractivity contribution < 1.29 is 19.1 Å². The molecule has 0 fully saturated rings. The van der Waals surface area contributed by atoms with Crippen molar-refractivity contribution in [2.45, 2.75) is 38.8 Å². The molecule has 9 heteroatoms. The fourth-order valence-corrected chi connectivity index (χ4v) is 4.34. The molecule has 0 spiro atoms. The SMILES string of the molecule is CCC(C)(C)NC(=O)[C@@H](c1cccc(OC)c1)N(C(=O)CNC(=O)c1cccs1)c1cccc(Cl)c1. The highest BCUT2D eigenvalue weighted by Gasteiger charge is 2.35. The first-order chi connectivity index (χ1) is 17.1. The van der Waals surface area contributed by atoms with Crippen LogP contribution in [0.15, 0.2) is 66.0 Å². The van der Waals surface area contributed by atoms with E-state index < -0.39 is 17.5 Å². The minimum atomic E-state index is -1.05. The lowest BCUT2D eigenvalue weighted by molar-refractivity contribution is -0.127. The second kappa shape index (κ2) is 12.1. The Bertz CT molecular complexity index is 1210. The lowest BCUT2D eigenvalue weighted by Crippen LogP contribution is -2.52. The molecule has 190 valence electrons. The van der Waals surface area contributed by atoms with E-state index >= 15 is 0 Å². The molecule has 0 unspecified atom stereocenters. The standard InChI is InChI=1S/C27H30ClN3O4S/c1-5-27(2,3)30-26(34)24(18-9-6-12-21(15-18)35-4)31(20-11-7-10-19(28)16-20)23(32)17-29-25(33)22-13-8-14-36-22/h6-16,24H,5,17H2,1-4H3,(H,29,33)(H,30,34)/t24-/m1/s1. The van der Waals surface area contributed by atoms with Crippen molar-refractivity contribution in [2.75, 3.05) is 18.6 Å². The summed E-state index contributed by atoms with van der Waals surface area (Å²) in [5, 5.41) is 7.92. The van der Waals surface area contributed by atoms with Crippen LogP contribution in [0.2, 0.25) is 5.02 Å². The Morgan fingerprint density at radius 1 is 1.08 bits per heavy atom. The van der Waals surface area contributed by atoms with Crippen LogP contribution in [0.4, 0.5) is 5.69 Å². The molecule has 0 bridgehead atoms. The van der Waals surface area contributed by atoms with E-state index in [4.69, 9.17) is 16.3 Å². The summed E-state index contributed by atoms with van der Waals surface area (Å²) in [4.78, 5) is 41.9. The Hall–Kier alpha value is -3.36. The fraction of sp³-hybridized carbons (Fsp3) is 0.296. The second-order valence-corrected chi connectivity index (χ2v) is 10.2. The highest BCUT2D eigenvalue weighted by atomic mass is 35.5. The first kappa shape index (κ1) is 27.2. The third kappa shape index (κ3) is 6.86. The van der Waals surface area contributed by atoms with Gasteiger partial charge in [-0.2, -0.15) is 0 Å². The third-order valence-electron chi connectivity index (χ3n) is 5.76. The number of amides is 3. The van der Waals surface area contributed by atoms with Gasteiger partial charge in [-0.05, 0) is 67.6 Å². The molecule has 0 saturated heterocycles. The number of carbonyl (C=O) groups is 3. The average molecular weight is 528 g/mol. The number of methoxy groups -OCH3 is 1. The number of ether oxygens (including phenoxy) is 1. The van der Waals surface area contributed by atoms with Crippen LogP contribution < -0.4 is 20.3 Å². The smallest absolute Gasteiger partial charge is 0.261 e. The maximum atomic E-state index is 13.8. The number of benzene rings is 2. The normalized spacial score (nSPS) is 11.9. The molecule has 0 aliphatic carbocycles. The maximum Gasteiger partial charge on any atom is 0.261 e. The average Bonchev–Trinajstić information content (AvgIpc) is 3.40. The van der Waals surface area contributed by atoms with Gasteiger partial charge < -0.3 is 15.4 Å². The Morgan fingerprint density at radius 2 is 1.83 bits per heavy atom. The number of nitrogens with one attached hydrogen (secondary N) is 2. The van der Waals surface area contributed by atoms with Gasteiger partial charge >= 0.3 is 0 Å². The Balaban J connectivity index is 2.06. The first-order valence-corrected chi connectivity index (χ1v) is 12.8. The van der Waals surface area contributed by atoms with Crippen molar-refractivity contribution in [1.82, 2.24) is 10.6 Å². The number of hydrogen-bond acceptors (Lipinski definition) is 5. The molecular formula is C27H30ClN3O4S. The van der Waals surface area contributed by atoms with Crippen molar-refractivity contribution in [3.8, 4) is 5.75 Å². The van der Waals surface area contributed by atoms with E-state index in [2.05, 4.69) is 10.6 Å². The summed E-state index contributed by atoms with van der Waals surface area (Å²) < 4.78 is 5.38. The number of halogens is 1. The molecule has 1 heterocycles. The van der Waals surface area contributed by atoms with E-state index in [9.17, 15) is 14.4 Å². The molecule has 3 rings (SSSR count). The summed E-state index contributed by atoms with van der Waals surface area (Å²) in [5.74, 6) is -0.657. The highest BCUT2D eigenvalue weighted by Crippen LogP contribution is 2.32. The minimum Gasteiger partial charge on any atom is -0.497 e. The number of thiophene rings is 1. The van der Waals surface area contributed by atoms with Crippen molar-refractivity contribution in [3.63, 3.8) is 0 Å². The highest BCUT2D eigenvalue weighted by molar-refractivity contribution is 7.12. The van der Waals surface area contributed by atoms with Crippen LogP contribution in [0, 0.1) is 0 Å². The molecule has 3 amide bonds. The van der Waals surface area contributed by atoms with E-state index in [0.29, 0.717) is 33.3 Å². The van der Waals surface area contributed by atoms with Gasteiger partial charge in [-0.3, -0.25) is 19.3 Å². The van der Waals surface area contributed by atoms with Crippen molar-refractivity contribution in [2.24, 2.45) is 0 Å². The number of hydrogen-bond donors (Lipinski definition) is 2. The molecule has 7 nitrogen and oxygen atoms in total. The zero-order chi connectivity index (χ0) is 26.3. The predicted molar refractivity (Wildman–Crippen MR) is 144 cm³/mol. The molecular weight excluding hydrogens is 498 g/mol. The molecule has 0 aliphatic rings. The maximum absolute atomic E-state index is 13.8. The molecule has 0 radical (unpaired) electrons. The number of rotatable bonds is 10. The van der Waals surface area contributed by atoms with E-state index in [1.54, 1.807) is 66.0 Å². The van der Waals surface area contributed by atoms with E-state index in [0.717, 1.165) is 0 Å². The second-order valence-electron chi connectivity index (χ2n) is 8.81. The summed E-state index contributed by atoms with van der Waals surface area (Å²) in [7, 11) is 1.54. The zero-order valence-electron chi connectivity index (χ0n) is 20.7. The van der Waals surface area contributed by atoms with Crippen molar-refractivity contribution in [1.29, 1.82) is 0 Å². The lowest BCUT2D eigenvalue weighted by atomic mass is 9.98. The number of carbonyl (C=O) groups excluding carboxylic acids is 3. The van der Waals surface area contributed by atoms with E-state index in [1.807, 2.05) is 20.8 Å². The van der Waals surface area contributed by atoms with Crippen molar-refractivity contribution in [3.05, 3.63) is 81.5 Å². The van der Waals surface area contributed by atoms with Gasteiger partial charge in [-0.1, -0.05) is 42.8 Å². The van der Waals surface area contributed by atoms with Gasteiger partial charge in [-0.25, -0.2) is 0 Å². The molecule has 2 aromatic carbocycles. The van der Waals surface area contributed by atoms with Gasteiger partial charge in [0.05, 0.1) is 18.5 Å². The van der Waals surface area contributed by atoms with Gasteiger partial charge in [0, 0.05) is 16.2 Å².